The van der Waals surface area contributed by atoms with Gasteiger partial charge in [-0.1, -0.05) is 23.2 Å². The average molecular weight is 329 g/mol. The molecule has 1 heterocycles. The number of rotatable bonds is 5. The van der Waals surface area contributed by atoms with Gasteiger partial charge in [-0.25, -0.2) is 4.98 Å². The fourth-order valence-electron chi connectivity index (χ4n) is 1.80. The molecule has 1 amide bonds. The number of nitrogens with zero attached hydrogens (tertiary/aromatic N) is 2. The molecular weight excluding hydrogens is 315 g/mol. The van der Waals surface area contributed by atoms with Crippen LogP contribution in [0.5, 0.6) is 5.75 Å². The molecule has 0 spiro atoms. The van der Waals surface area contributed by atoms with Crippen LogP contribution in [-0.2, 0) is 0 Å². The van der Waals surface area contributed by atoms with Crippen LogP contribution in [0.3, 0.4) is 0 Å². The van der Waals surface area contributed by atoms with Gasteiger partial charge in [0.1, 0.15) is 18.1 Å². The lowest BCUT2D eigenvalue weighted by Crippen LogP contribution is -2.35. The maximum Gasteiger partial charge on any atom is 0.275 e. The molecule has 112 valence electrons. The molecule has 0 fully saturated rings. The third kappa shape index (κ3) is 4.12. The highest BCUT2D eigenvalue weighted by Gasteiger charge is 2.17. The second-order valence-corrected chi connectivity index (χ2v) is 5.38. The zero-order valence-corrected chi connectivity index (χ0v) is 13.1. The van der Waals surface area contributed by atoms with E-state index in [9.17, 15) is 4.79 Å². The number of carbonyl (C=O) groups excluding carboxylic acids is 1. The van der Waals surface area contributed by atoms with Crippen molar-refractivity contribution in [2.24, 2.45) is 0 Å². The number of ether oxygens (including phenoxy) is 1. The van der Waals surface area contributed by atoms with E-state index in [2.05, 4.69) is 4.98 Å². The second kappa shape index (κ2) is 6.83. The van der Waals surface area contributed by atoms with E-state index in [1.807, 2.05) is 6.92 Å². The third-order valence-corrected chi connectivity index (χ3v) is 3.50. The summed E-state index contributed by atoms with van der Waals surface area (Å²) in [6.45, 7) is 2.25. The summed E-state index contributed by atoms with van der Waals surface area (Å²) in [5.41, 5.74) is 0.263. The van der Waals surface area contributed by atoms with Gasteiger partial charge in [0, 0.05) is 13.1 Å². The predicted molar refractivity (Wildman–Crippen MR) is 80.0 cm³/mol. The Bertz CT molecular complexity index is 617. The average Bonchev–Trinajstić information content (AvgIpc) is 2.96. The number of benzene rings is 1. The topological polar surface area (TPSA) is 55.6 Å². The maximum absolute atomic E-state index is 12.0. The lowest BCUT2D eigenvalue weighted by Gasteiger charge is -2.22. The number of likely N-dealkylation sites (N-methyl/N-ethyl adjacent to an activating group) is 1. The van der Waals surface area contributed by atoms with E-state index in [1.165, 1.54) is 17.6 Å². The summed E-state index contributed by atoms with van der Waals surface area (Å²) >= 11 is 11.8. The minimum atomic E-state index is -0.228. The number of aromatic nitrogens is 1. The van der Waals surface area contributed by atoms with Crippen molar-refractivity contribution in [2.45, 2.75) is 13.0 Å². The second-order valence-electron chi connectivity index (χ2n) is 4.56. The zero-order chi connectivity index (χ0) is 15.4. The largest absolute Gasteiger partial charge is 0.489 e. The van der Waals surface area contributed by atoms with Crippen molar-refractivity contribution in [1.29, 1.82) is 0 Å². The first-order valence-corrected chi connectivity index (χ1v) is 6.98. The molecule has 0 radical (unpaired) electrons. The van der Waals surface area contributed by atoms with Gasteiger partial charge >= 0.3 is 0 Å². The minimum Gasteiger partial charge on any atom is -0.489 e. The first-order valence-electron chi connectivity index (χ1n) is 6.22. The first kappa shape index (κ1) is 15.7. The Morgan fingerprint density at radius 3 is 2.81 bits per heavy atom. The Balaban J connectivity index is 1.93. The molecule has 1 atom stereocenters. The predicted octanol–water partition coefficient (Wildman–Crippen LogP) is 3.52. The van der Waals surface area contributed by atoms with E-state index in [0.717, 1.165) is 0 Å². The van der Waals surface area contributed by atoms with E-state index in [-0.39, 0.29) is 17.7 Å². The summed E-state index contributed by atoms with van der Waals surface area (Å²) in [6.07, 6.45) is 2.31. The summed E-state index contributed by atoms with van der Waals surface area (Å²) in [5.74, 6) is 0.368. The summed E-state index contributed by atoms with van der Waals surface area (Å²) in [4.78, 5) is 17.3. The minimum absolute atomic E-state index is 0.219. The SMILES string of the molecule is C[C@@H](CN(C)C(=O)c1cocn1)Oc1ccc(Cl)c(Cl)c1. The Kier molecular flexibility index (Phi) is 5.09. The van der Waals surface area contributed by atoms with Crippen LogP contribution in [0, 0.1) is 0 Å². The van der Waals surface area contributed by atoms with Crippen molar-refractivity contribution in [3.8, 4) is 5.75 Å². The molecule has 21 heavy (non-hydrogen) atoms. The van der Waals surface area contributed by atoms with E-state index in [0.29, 0.717) is 22.3 Å². The van der Waals surface area contributed by atoms with Gasteiger partial charge in [-0.3, -0.25) is 4.79 Å². The van der Waals surface area contributed by atoms with Gasteiger partial charge in [0.05, 0.1) is 16.6 Å². The molecular formula is C14H14Cl2N2O3. The van der Waals surface area contributed by atoms with Crippen LogP contribution in [0.25, 0.3) is 0 Å². The van der Waals surface area contributed by atoms with Crippen LogP contribution in [0.2, 0.25) is 10.0 Å². The van der Waals surface area contributed by atoms with Crippen LogP contribution in [0.15, 0.2) is 35.3 Å². The molecule has 2 aromatic rings. The maximum atomic E-state index is 12.0. The molecule has 1 aromatic carbocycles. The third-order valence-electron chi connectivity index (χ3n) is 2.76. The van der Waals surface area contributed by atoms with Crippen LogP contribution < -0.4 is 4.74 Å². The standard InChI is InChI=1S/C14H14Cl2N2O3/c1-9(21-10-3-4-11(15)12(16)5-10)6-18(2)14(19)13-7-20-8-17-13/h3-5,7-9H,6H2,1-2H3/t9-/m0/s1. The lowest BCUT2D eigenvalue weighted by molar-refractivity contribution is 0.0721. The molecule has 7 heteroatoms. The monoisotopic (exact) mass is 328 g/mol. The van der Waals surface area contributed by atoms with Gasteiger partial charge in [-0.05, 0) is 19.1 Å². The van der Waals surface area contributed by atoms with Gasteiger partial charge in [-0.15, -0.1) is 0 Å². The van der Waals surface area contributed by atoms with E-state index in [1.54, 1.807) is 25.2 Å². The summed E-state index contributed by atoms with van der Waals surface area (Å²) < 4.78 is 10.5. The van der Waals surface area contributed by atoms with Gasteiger partial charge in [0.15, 0.2) is 12.1 Å². The Labute approximate surface area is 132 Å². The molecule has 0 unspecified atom stereocenters. The highest BCUT2D eigenvalue weighted by Crippen LogP contribution is 2.26. The molecule has 5 nitrogen and oxygen atoms in total. The van der Waals surface area contributed by atoms with Crippen LogP contribution >= 0.6 is 23.2 Å². The van der Waals surface area contributed by atoms with Crippen molar-refractivity contribution in [1.82, 2.24) is 9.88 Å². The summed E-state index contributed by atoms with van der Waals surface area (Å²) in [6, 6.07) is 5.03. The molecule has 0 aliphatic rings. The van der Waals surface area contributed by atoms with Crippen LogP contribution in [-0.4, -0.2) is 35.5 Å². The van der Waals surface area contributed by atoms with Crippen molar-refractivity contribution in [3.05, 3.63) is 46.6 Å². The first-order chi connectivity index (χ1) is 9.97. The molecule has 0 saturated heterocycles. The fraction of sp³-hybridized carbons (Fsp3) is 0.286. The van der Waals surface area contributed by atoms with Gasteiger partial charge < -0.3 is 14.1 Å². The van der Waals surface area contributed by atoms with Crippen molar-refractivity contribution >= 4 is 29.1 Å². The van der Waals surface area contributed by atoms with Crippen LogP contribution in [0.4, 0.5) is 0 Å². The van der Waals surface area contributed by atoms with E-state index >= 15 is 0 Å². The highest BCUT2D eigenvalue weighted by molar-refractivity contribution is 6.42. The molecule has 0 N–H and O–H groups in total. The van der Waals surface area contributed by atoms with Crippen molar-refractivity contribution < 1.29 is 13.9 Å². The Hall–Kier alpha value is -1.72. The Morgan fingerprint density at radius 2 is 2.19 bits per heavy atom. The number of oxazole rings is 1. The van der Waals surface area contributed by atoms with Crippen molar-refractivity contribution in [2.75, 3.05) is 13.6 Å². The molecule has 0 aliphatic carbocycles. The molecule has 1 aromatic heterocycles. The number of hydrogen-bond donors (Lipinski definition) is 0. The molecule has 0 saturated carbocycles. The summed E-state index contributed by atoms with van der Waals surface area (Å²) in [7, 11) is 1.67. The molecule has 2 rings (SSSR count). The number of amides is 1. The highest BCUT2D eigenvalue weighted by atomic mass is 35.5. The quantitative estimate of drug-likeness (QED) is 0.842. The zero-order valence-electron chi connectivity index (χ0n) is 11.5. The van der Waals surface area contributed by atoms with Crippen molar-refractivity contribution in [3.63, 3.8) is 0 Å². The van der Waals surface area contributed by atoms with Gasteiger partial charge in [-0.2, -0.15) is 0 Å². The lowest BCUT2D eigenvalue weighted by atomic mass is 10.3. The smallest absolute Gasteiger partial charge is 0.275 e. The van der Waals surface area contributed by atoms with E-state index < -0.39 is 0 Å². The van der Waals surface area contributed by atoms with Gasteiger partial charge in [0.25, 0.3) is 5.91 Å². The van der Waals surface area contributed by atoms with E-state index in [4.69, 9.17) is 32.4 Å². The van der Waals surface area contributed by atoms with Gasteiger partial charge in [0.2, 0.25) is 0 Å². The van der Waals surface area contributed by atoms with Crippen LogP contribution in [0.1, 0.15) is 17.4 Å². The number of carbonyl (C=O) groups is 1. The normalized spacial score (nSPS) is 12.0. The fourth-order valence-corrected chi connectivity index (χ4v) is 2.09. The Morgan fingerprint density at radius 1 is 1.43 bits per heavy atom. The molecule has 0 aliphatic heterocycles. The number of hydrogen-bond acceptors (Lipinski definition) is 4. The number of halogens is 2. The molecule has 0 bridgehead atoms. The summed E-state index contributed by atoms with van der Waals surface area (Å²) in [5, 5.41) is 0.892.